The molecule has 0 radical (unpaired) electrons. The molecule has 2 N–H and O–H groups in total. The predicted octanol–water partition coefficient (Wildman–Crippen LogP) is 4.93. The number of rotatable bonds is 7. The number of carbonyl (C=O) groups excluding carboxylic acids is 2. The summed E-state index contributed by atoms with van der Waals surface area (Å²) in [7, 11) is 0. The number of amides is 2. The number of hydrogen-bond acceptors (Lipinski definition) is 9. The summed E-state index contributed by atoms with van der Waals surface area (Å²) in [5.74, 6) is -4.45. The molecule has 2 amide bonds. The molecule has 0 saturated carbocycles. The third kappa shape index (κ3) is 6.81. The number of anilines is 2. The Labute approximate surface area is 308 Å². The molecule has 0 unspecified atom stereocenters. The van der Waals surface area contributed by atoms with Crippen molar-refractivity contribution >= 4 is 40.6 Å². The Kier molecular flexibility index (Phi) is 9.27. The van der Waals surface area contributed by atoms with E-state index in [1.54, 1.807) is 30.0 Å². The SMILES string of the molecule is CCc1c(N2CCN(C(=O)c3ncnc(C)c3O)CC2)c(=O)n2nc(-c3ccc4c(c3)CC(F)(F)C4)nc2n1CC(=O)Nc1ccc(C(F)(F)F)cc1Cl. The summed E-state index contributed by atoms with van der Waals surface area (Å²) in [6, 6.07) is 7.21. The quantitative estimate of drug-likeness (QED) is 0.220. The van der Waals surface area contributed by atoms with Crippen LogP contribution < -0.4 is 15.8 Å². The Balaban J connectivity index is 1.26. The van der Waals surface area contributed by atoms with Crippen molar-refractivity contribution in [1.29, 1.82) is 0 Å². The Morgan fingerprint density at radius 1 is 1.02 bits per heavy atom. The van der Waals surface area contributed by atoms with Gasteiger partial charge in [-0.15, -0.1) is 5.10 Å². The molecule has 1 aliphatic heterocycles. The molecule has 1 saturated heterocycles. The van der Waals surface area contributed by atoms with E-state index in [1.165, 1.54) is 22.7 Å². The number of piperazine rings is 1. The van der Waals surface area contributed by atoms with Crippen LogP contribution in [0.1, 0.15) is 45.5 Å². The van der Waals surface area contributed by atoms with Crippen LogP contribution in [0.15, 0.2) is 47.5 Å². The number of halogens is 6. The molecule has 7 rings (SSSR count). The number of nitrogens with one attached hydrogen (secondary N) is 1. The molecule has 2 aliphatic rings. The van der Waals surface area contributed by atoms with Gasteiger partial charge in [-0.05, 0) is 48.7 Å². The van der Waals surface area contributed by atoms with Crippen LogP contribution in [-0.2, 0) is 36.8 Å². The number of benzene rings is 2. The number of nitrogens with zero attached hydrogens (tertiary/aromatic N) is 8. The highest BCUT2D eigenvalue weighted by molar-refractivity contribution is 6.33. The van der Waals surface area contributed by atoms with E-state index < -0.39 is 54.4 Å². The Hall–Kier alpha value is -5.65. The van der Waals surface area contributed by atoms with Gasteiger partial charge in [0.25, 0.3) is 17.4 Å². The number of carbonyl (C=O) groups is 2. The lowest BCUT2D eigenvalue weighted by Crippen LogP contribution is -2.51. The minimum Gasteiger partial charge on any atom is -0.504 e. The van der Waals surface area contributed by atoms with Gasteiger partial charge in [-0.3, -0.25) is 14.4 Å². The second kappa shape index (κ2) is 13.6. The zero-order chi connectivity index (χ0) is 38.7. The maximum atomic E-state index is 14.3. The standard InChI is InChI=1S/C35H31ClF5N9O4/c1-3-25-28(47-8-10-48(11-9-47)31(53)27-29(52)18(2)42-17-43-27)32(54)50-33(45-30(46-50)19-4-5-20-14-34(37,38)15-21(20)12-19)49(25)16-26(51)44-24-7-6-22(13-23(24)36)35(39,40)41/h4-7,12-13,17,52H,3,8-11,14-16H2,1-2H3,(H,44,51). The number of hydrogen-bond donors (Lipinski definition) is 2. The Morgan fingerprint density at radius 3 is 2.43 bits per heavy atom. The number of aromatic nitrogens is 6. The minimum atomic E-state index is -4.65. The van der Waals surface area contributed by atoms with Crippen molar-refractivity contribution in [3.8, 4) is 17.1 Å². The smallest absolute Gasteiger partial charge is 0.416 e. The number of fused-ring (bicyclic) bond motifs is 2. The van der Waals surface area contributed by atoms with Crippen molar-refractivity contribution in [2.45, 2.75) is 51.8 Å². The lowest BCUT2D eigenvalue weighted by molar-refractivity contribution is -0.137. The van der Waals surface area contributed by atoms with Crippen molar-refractivity contribution in [2.75, 3.05) is 36.4 Å². The third-order valence-corrected chi connectivity index (χ3v) is 9.80. The molecule has 13 nitrogen and oxygen atoms in total. The van der Waals surface area contributed by atoms with Gasteiger partial charge in [-0.1, -0.05) is 30.7 Å². The van der Waals surface area contributed by atoms with Crippen molar-refractivity contribution in [2.24, 2.45) is 0 Å². The average Bonchev–Trinajstić information content (AvgIpc) is 3.71. The zero-order valence-electron chi connectivity index (χ0n) is 28.7. The second-order valence-corrected chi connectivity index (χ2v) is 13.5. The van der Waals surface area contributed by atoms with Gasteiger partial charge in [0.15, 0.2) is 17.3 Å². The fourth-order valence-electron chi connectivity index (χ4n) is 6.81. The molecule has 0 bridgehead atoms. The van der Waals surface area contributed by atoms with Gasteiger partial charge < -0.3 is 24.8 Å². The van der Waals surface area contributed by atoms with Crippen LogP contribution in [0, 0.1) is 6.92 Å². The number of alkyl halides is 5. The van der Waals surface area contributed by atoms with E-state index in [1.807, 2.05) is 0 Å². The van der Waals surface area contributed by atoms with Crippen molar-refractivity contribution < 1.29 is 36.6 Å². The molecule has 1 fully saturated rings. The van der Waals surface area contributed by atoms with Crippen molar-refractivity contribution in [1.82, 2.24) is 34.0 Å². The van der Waals surface area contributed by atoms with Gasteiger partial charge in [-0.25, -0.2) is 18.7 Å². The average molecular weight is 772 g/mol. The second-order valence-electron chi connectivity index (χ2n) is 13.1. The molecule has 2 aromatic carbocycles. The summed E-state index contributed by atoms with van der Waals surface area (Å²) in [4.78, 5) is 56.8. The highest BCUT2D eigenvalue weighted by atomic mass is 35.5. The van der Waals surface area contributed by atoms with Crippen LogP contribution >= 0.6 is 11.6 Å². The summed E-state index contributed by atoms with van der Waals surface area (Å²) >= 11 is 6.11. The summed E-state index contributed by atoms with van der Waals surface area (Å²) < 4.78 is 70.6. The van der Waals surface area contributed by atoms with Gasteiger partial charge in [0.1, 0.15) is 18.6 Å². The zero-order valence-corrected chi connectivity index (χ0v) is 29.5. The van der Waals surface area contributed by atoms with E-state index >= 15 is 0 Å². The molecule has 1 aliphatic carbocycles. The molecular weight excluding hydrogens is 741 g/mol. The van der Waals surface area contributed by atoms with Crippen LogP contribution in [0.25, 0.3) is 17.2 Å². The first-order chi connectivity index (χ1) is 25.5. The summed E-state index contributed by atoms with van der Waals surface area (Å²) in [5, 5.41) is 17.0. The molecule has 282 valence electrons. The van der Waals surface area contributed by atoms with E-state index in [0.717, 1.165) is 16.6 Å². The van der Waals surface area contributed by atoms with Gasteiger partial charge in [0, 0.05) is 44.6 Å². The van der Waals surface area contributed by atoms with Crippen LogP contribution in [0.5, 0.6) is 5.75 Å². The summed E-state index contributed by atoms with van der Waals surface area (Å²) in [5.41, 5.74) is 0.255. The maximum absolute atomic E-state index is 14.3. The fraction of sp³-hybridized carbons (Fsp3) is 0.343. The van der Waals surface area contributed by atoms with Gasteiger partial charge in [0.05, 0.1) is 27.7 Å². The van der Waals surface area contributed by atoms with Gasteiger partial charge in [-0.2, -0.15) is 22.7 Å². The Bertz CT molecular complexity index is 2390. The highest BCUT2D eigenvalue weighted by Gasteiger charge is 2.38. The Morgan fingerprint density at radius 2 is 1.74 bits per heavy atom. The number of aryl methyl sites for hydroxylation is 1. The lowest BCUT2D eigenvalue weighted by Gasteiger charge is -2.36. The van der Waals surface area contributed by atoms with Crippen LogP contribution in [-0.4, -0.2) is 83.1 Å². The van der Waals surface area contributed by atoms with Crippen LogP contribution in [0.2, 0.25) is 5.02 Å². The van der Waals surface area contributed by atoms with Gasteiger partial charge in [0.2, 0.25) is 11.7 Å². The van der Waals surface area contributed by atoms with Crippen LogP contribution in [0.3, 0.4) is 0 Å². The molecule has 5 aromatic rings. The molecule has 19 heteroatoms. The predicted molar refractivity (Wildman–Crippen MR) is 186 cm³/mol. The van der Waals surface area contributed by atoms with Crippen LogP contribution in [0.4, 0.5) is 33.3 Å². The fourth-order valence-corrected chi connectivity index (χ4v) is 7.03. The molecule has 0 spiro atoms. The summed E-state index contributed by atoms with van der Waals surface area (Å²) in [6.07, 6.45) is -4.13. The van der Waals surface area contributed by atoms with E-state index in [4.69, 9.17) is 11.6 Å². The minimum absolute atomic E-state index is 0.0413. The van der Waals surface area contributed by atoms with Crippen molar-refractivity contribution in [3.63, 3.8) is 0 Å². The van der Waals surface area contributed by atoms with E-state index in [0.29, 0.717) is 28.5 Å². The molecule has 54 heavy (non-hydrogen) atoms. The number of aromatic hydroxyl groups is 1. The highest BCUT2D eigenvalue weighted by Crippen LogP contribution is 2.37. The van der Waals surface area contributed by atoms with Gasteiger partial charge >= 0.3 is 6.18 Å². The molecular formula is C35H31ClF5N9O4. The first kappa shape index (κ1) is 36.7. The van der Waals surface area contributed by atoms with E-state index in [-0.39, 0.29) is 77.7 Å². The van der Waals surface area contributed by atoms with E-state index in [2.05, 4.69) is 25.4 Å². The first-order valence-corrected chi connectivity index (χ1v) is 17.2. The topological polar surface area (TPSA) is 151 Å². The van der Waals surface area contributed by atoms with Crippen molar-refractivity contribution in [3.05, 3.63) is 91.9 Å². The van der Waals surface area contributed by atoms with E-state index in [9.17, 15) is 41.4 Å². The lowest BCUT2D eigenvalue weighted by atomic mass is 10.1. The molecule has 4 heterocycles. The normalized spacial score (nSPS) is 15.5. The largest absolute Gasteiger partial charge is 0.504 e. The summed E-state index contributed by atoms with van der Waals surface area (Å²) in [6.45, 7) is 3.42. The monoisotopic (exact) mass is 771 g/mol. The molecule has 0 atom stereocenters. The third-order valence-electron chi connectivity index (χ3n) is 9.49. The molecule has 3 aromatic heterocycles. The maximum Gasteiger partial charge on any atom is 0.416 e. The first-order valence-electron chi connectivity index (χ1n) is 16.8.